The molecular weight excluding hydrogens is 490 g/mol. The number of hydrogen-bond acceptors (Lipinski definition) is 7. The van der Waals surface area contributed by atoms with Gasteiger partial charge in [-0.3, -0.25) is 9.80 Å². The SMILES string of the molecule is CNc1ccc2c(c1)NCCCCC[C@H](NC(=O)/C=C/c1cc(Cl)ccc1N(N)/C=N\N)c1ncc-2[nH]1. The monoisotopic (exact) mass is 521 g/mol. The van der Waals surface area contributed by atoms with Gasteiger partial charge >= 0.3 is 0 Å². The minimum absolute atomic E-state index is 0.252. The summed E-state index contributed by atoms with van der Waals surface area (Å²) in [5.74, 6) is 11.7. The lowest BCUT2D eigenvalue weighted by molar-refractivity contribution is -0.117. The number of rotatable bonds is 6. The number of benzene rings is 2. The van der Waals surface area contributed by atoms with Crippen LogP contribution in [0.5, 0.6) is 0 Å². The quantitative estimate of drug-likeness (QED) is 0.0934. The summed E-state index contributed by atoms with van der Waals surface area (Å²) in [5.41, 5.74) is 5.24. The molecule has 2 heterocycles. The minimum atomic E-state index is -0.257. The largest absolute Gasteiger partial charge is 0.388 e. The summed E-state index contributed by atoms with van der Waals surface area (Å²) in [6.45, 7) is 0.871. The van der Waals surface area contributed by atoms with Gasteiger partial charge in [-0.15, -0.1) is 0 Å². The van der Waals surface area contributed by atoms with E-state index in [4.69, 9.17) is 23.3 Å². The molecule has 10 nitrogen and oxygen atoms in total. The van der Waals surface area contributed by atoms with Crippen molar-refractivity contribution in [1.82, 2.24) is 15.3 Å². The van der Waals surface area contributed by atoms with Crippen LogP contribution in [0.1, 0.15) is 43.1 Å². The molecule has 0 spiro atoms. The van der Waals surface area contributed by atoms with Crippen molar-refractivity contribution in [3.63, 3.8) is 0 Å². The van der Waals surface area contributed by atoms with Crippen molar-refractivity contribution in [2.75, 3.05) is 29.2 Å². The highest BCUT2D eigenvalue weighted by Gasteiger charge is 2.19. The summed E-state index contributed by atoms with van der Waals surface area (Å²) < 4.78 is 0. The number of fused-ring (bicyclic) bond motifs is 4. The van der Waals surface area contributed by atoms with E-state index in [0.29, 0.717) is 16.3 Å². The number of halogens is 1. The average Bonchev–Trinajstić information content (AvgIpc) is 3.38. The lowest BCUT2D eigenvalue weighted by atomic mass is 10.1. The van der Waals surface area contributed by atoms with Crippen LogP contribution in [0.4, 0.5) is 17.1 Å². The lowest BCUT2D eigenvalue weighted by Crippen LogP contribution is -2.30. The maximum Gasteiger partial charge on any atom is 0.244 e. The molecule has 37 heavy (non-hydrogen) atoms. The van der Waals surface area contributed by atoms with Gasteiger partial charge < -0.3 is 26.8 Å². The number of carbonyl (C=O) groups is 1. The van der Waals surface area contributed by atoms with Crippen LogP contribution in [0.25, 0.3) is 17.3 Å². The van der Waals surface area contributed by atoms with E-state index >= 15 is 0 Å². The first-order valence-corrected chi connectivity index (χ1v) is 12.5. The molecule has 2 aromatic carbocycles. The number of amides is 1. The number of H-pyrrole nitrogens is 1. The van der Waals surface area contributed by atoms with Crippen LogP contribution in [-0.4, -0.2) is 35.8 Å². The van der Waals surface area contributed by atoms with E-state index < -0.39 is 0 Å². The Hall–Kier alpha value is -4.02. The first kappa shape index (κ1) is 26.1. The maximum atomic E-state index is 13.0. The second-order valence-corrected chi connectivity index (χ2v) is 9.17. The van der Waals surface area contributed by atoms with Gasteiger partial charge in [0.1, 0.15) is 12.2 Å². The number of nitrogens with two attached hydrogens (primary N) is 2. The van der Waals surface area contributed by atoms with E-state index in [0.717, 1.165) is 60.7 Å². The highest BCUT2D eigenvalue weighted by Crippen LogP contribution is 2.31. The zero-order valence-electron chi connectivity index (χ0n) is 20.7. The fraction of sp³-hybridized carbons (Fsp3) is 0.269. The van der Waals surface area contributed by atoms with E-state index in [1.807, 2.05) is 19.3 Å². The molecule has 0 saturated carbocycles. The van der Waals surface area contributed by atoms with Gasteiger partial charge in [-0.1, -0.05) is 24.4 Å². The Morgan fingerprint density at radius 1 is 1.24 bits per heavy atom. The first-order valence-electron chi connectivity index (χ1n) is 12.1. The molecule has 0 fully saturated rings. The Morgan fingerprint density at radius 2 is 2.11 bits per heavy atom. The maximum absolute atomic E-state index is 13.0. The Bertz CT molecular complexity index is 1290. The van der Waals surface area contributed by atoms with Crippen LogP contribution in [-0.2, 0) is 4.79 Å². The number of imidazole rings is 1. The Kier molecular flexibility index (Phi) is 8.65. The molecular formula is C26H32ClN9O. The molecule has 0 radical (unpaired) electrons. The molecule has 8 N–H and O–H groups in total. The Balaban J connectivity index is 1.56. The van der Waals surface area contributed by atoms with E-state index in [2.05, 4.69) is 43.2 Å². The summed E-state index contributed by atoms with van der Waals surface area (Å²) in [6.07, 6.45) is 9.99. The second kappa shape index (κ2) is 12.3. The molecule has 2 bridgehead atoms. The molecule has 1 atom stereocenters. The third-order valence-electron chi connectivity index (χ3n) is 6.20. The molecule has 1 aliphatic rings. The molecule has 4 rings (SSSR count). The van der Waals surface area contributed by atoms with Crippen molar-refractivity contribution in [2.45, 2.75) is 31.7 Å². The van der Waals surface area contributed by atoms with Gasteiger partial charge in [0.25, 0.3) is 0 Å². The van der Waals surface area contributed by atoms with Crippen molar-refractivity contribution in [3.8, 4) is 11.3 Å². The van der Waals surface area contributed by atoms with Crippen molar-refractivity contribution in [2.24, 2.45) is 16.8 Å². The molecule has 0 aliphatic carbocycles. The van der Waals surface area contributed by atoms with Crippen molar-refractivity contribution >= 4 is 47.0 Å². The third kappa shape index (κ3) is 6.60. The number of hydrogen-bond donors (Lipinski definition) is 6. The van der Waals surface area contributed by atoms with Crippen molar-refractivity contribution in [1.29, 1.82) is 0 Å². The predicted octanol–water partition coefficient (Wildman–Crippen LogP) is 4.21. The van der Waals surface area contributed by atoms with Gasteiger partial charge in [-0.05, 0) is 55.3 Å². The van der Waals surface area contributed by atoms with Crippen LogP contribution in [0, 0.1) is 0 Å². The van der Waals surface area contributed by atoms with Crippen molar-refractivity contribution in [3.05, 3.63) is 65.1 Å². The summed E-state index contributed by atoms with van der Waals surface area (Å²) in [5, 5.41) is 15.1. The van der Waals surface area contributed by atoms with Gasteiger partial charge in [-0.25, -0.2) is 10.8 Å². The number of hydrazone groups is 1. The summed E-state index contributed by atoms with van der Waals surface area (Å²) in [6, 6.07) is 11.1. The molecule has 11 heteroatoms. The normalized spacial score (nSPS) is 15.9. The van der Waals surface area contributed by atoms with Crippen LogP contribution in [0.15, 0.2) is 53.8 Å². The van der Waals surface area contributed by atoms with Crippen LogP contribution in [0.2, 0.25) is 5.02 Å². The lowest BCUT2D eigenvalue weighted by Gasteiger charge is -2.18. The van der Waals surface area contributed by atoms with Crippen LogP contribution < -0.4 is 32.6 Å². The predicted molar refractivity (Wildman–Crippen MR) is 151 cm³/mol. The second-order valence-electron chi connectivity index (χ2n) is 8.74. The summed E-state index contributed by atoms with van der Waals surface area (Å²) in [7, 11) is 1.90. The number of nitrogens with zero attached hydrogens (tertiary/aromatic N) is 3. The highest BCUT2D eigenvalue weighted by atomic mass is 35.5. The summed E-state index contributed by atoms with van der Waals surface area (Å²) in [4.78, 5) is 21.0. The standard InChI is InChI=1S/C26H32ClN9O/c1-30-19-8-9-20-22(14-19)31-12-4-2-3-5-21(26-32-15-23(20)35-26)34-25(37)11-6-17-13-18(27)7-10-24(17)36(29)16-33-28/h6-11,13-16,21,30-31H,2-5,12,28-29H2,1H3,(H,32,35)(H,34,37)/b11-6+,33-16-/t21-/m0/s1. The highest BCUT2D eigenvalue weighted by molar-refractivity contribution is 6.30. The van der Waals surface area contributed by atoms with Crippen molar-refractivity contribution < 1.29 is 4.79 Å². The summed E-state index contributed by atoms with van der Waals surface area (Å²) >= 11 is 6.16. The zero-order valence-corrected chi connectivity index (χ0v) is 21.4. The van der Waals surface area contributed by atoms with E-state index in [9.17, 15) is 4.79 Å². The Morgan fingerprint density at radius 3 is 2.92 bits per heavy atom. The fourth-order valence-corrected chi connectivity index (χ4v) is 4.48. The number of aromatic nitrogens is 2. The first-order chi connectivity index (χ1) is 18.0. The minimum Gasteiger partial charge on any atom is -0.388 e. The smallest absolute Gasteiger partial charge is 0.244 e. The average molecular weight is 522 g/mol. The van der Waals surface area contributed by atoms with Crippen LogP contribution in [0.3, 0.4) is 0 Å². The van der Waals surface area contributed by atoms with Gasteiger partial charge in [0.2, 0.25) is 5.91 Å². The molecule has 0 unspecified atom stereocenters. The number of aromatic amines is 1. The molecule has 3 aromatic rings. The molecule has 1 amide bonds. The van der Waals surface area contributed by atoms with Crippen LogP contribution >= 0.6 is 11.6 Å². The molecule has 1 aromatic heterocycles. The number of hydrazine groups is 1. The van der Waals surface area contributed by atoms with Gasteiger partial charge in [0, 0.05) is 47.2 Å². The van der Waals surface area contributed by atoms with Gasteiger partial charge in [0.05, 0.1) is 23.6 Å². The van der Waals surface area contributed by atoms with Gasteiger partial charge in [-0.2, -0.15) is 5.10 Å². The topological polar surface area (TPSA) is 149 Å². The Labute approximate surface area is 221 Å². The number of nitrogens with one attached hydrogen (secondary N) is 4. The molecule has 1 aliphatic heterocycles. The van der Waals surface area contributed by atoms with Gasteiger partial charge in [0.15, 0.2) is 0 Å². The van der Waals surface area contributed by atoms with E-state index in [-0.39, 0.29) is 11.9 Å². The van der Waals surface area contributed by atoms with E-state index in [1.165, 1.54) is 17.4 Å². The number of carbonyl (C=O) groups excluding carboxylic acids is 1. The third-order valence-corrected chi connectivity index (χ3v) is 6.43. The van der Waals surface area contributed by atoms with E-state index in [1.54, 1.807) is 24.3 Å². The number of anilines is 3. The molecule has 194 valence electrons. The molecule has 0 saturated heterocycles. The fourth-order valence-electron chi connectivity index (χ4n) is 4.30. The zero-order chi connectivity index (χ0) is 26.2.